The minimum Gasteiger partial charge on any atom is -0.330 e. The lowest BCUT2D eigenvalue weighted by Crippen LogP contribution is -1.96. The Hall–Kier alpha value is -1.48. The third-order valence-corrected chi connectivity index (χ3v) is 2.22. The minimum atomic E-state index is 0.855. The Morgan fingerprint density at radius 1 is 1.19 bits per heavy atom. The summed E-state index contributed by atoms with van der Waals surface area (Å²) in [6, 6.07) is 7.91. The SMILES string of the molecule is CCCCCN.c1ccc2ncncc2c1. The van der Waals surface area contributed by atoms with E-state index in [9.17, 15) is 0 Å². The van der Waals surface area contributed by atoms with E-state index in [0.29, 0.717) is 0 Å². The fourth-order valence-electron chi connectivity index (χ4n) is 1.32. The molecule has 1 aromatic carbocycles. The number of fused-ring (bicyclic) bond motifs is 1. The van der Waals surface area contributed by atoms with Crippen LogP contribution in [-0.4, -0.2) is 16.5 Å². The first-order valence-electron chi connectivity index (χ1n) is 5.73. The molecule has 0 saturated carbocycles. The molecule has 0 aliphatic rings. The monoisotopic (exact) mass is 217 g/mol. The molecule has 0 spiro atoms. The first-order valence-corrected chi connectivity index (χ1v) is 5.73. The van der Waals surface area contributed by atoms with Crippen molar-refractivity contribution >= 4 is 10.9 Å². The maximum absolute atomic E-state index is 5.21. The van der Waals surface area contributed by atoms with Crippen molar-refractivity contribution in [3.8, 4) is 0 Å². The van der Waals surface area contributed by atoms with Gasteiger partial charge >= 0.3 is 0 Å². The standard InChI is InChI=1S/C8H6N2.C5H13N/c1-2-4-8-7(3-1)5-9-6-10-8;1-2-3-4-5-6/h1-6H;2-6H2,1H3. The van der Waals surface area contributed by atoms with Gasteiger partial charge in [0.15, 0.2) is 0 Å². The molecule has 0 aliphatic carbocycles. The third kappa shape index (κ3) is 4.36. The highest BCUT2D eigenvalue weighted by atomic mass is 14.8. The lowest BCUT2D eigenvalue weighted by Gasteiger charge is -1.90. The predicted molar refractivity (Wildman–Crippen MR) is 68.1 cm³/mol. The number of nitrogens with zero attached hydrogens (tertiary/aromatic N) is 2. The van der Waals surface area contributed by atoms with Crippen LogP contribution in [0, 0.1) is 0 Å². The Morgan fingerprint density at radius 2 is 2.00 bits per heavy atom. The van der Waals surface area contributed by atoms with Crippen LogP contribution in [0.25, 0.3) is 10.9 Å². The summed E-state index contributed by atoms with van der Waals surface area (Å²) in [7, 11) is 0. The van der Waals surface area contributed by atoms with Crippen LogP contribution in [0.2, 0.25) is 0 Å². The van der Waals surface area contributed by atoms with Gasteiger partial charge in [-0.3, -0.25) is 0 Å². The van der Waals surface area contributed by atoms with Gasteiger partial charge in [0.05, 0.1) is 5.52 Å². The highest BCUT2D eigenvalue weighted by molar-refractivity contribution is 5.76. The molecular formula is C13H19N3. The second-order valence-corrected chi connectivity index (χ2v) is 3.58. The first-order chi connectivity index (χ1) is 7.88. The summed E-state index contributed by atoms with van der Waals surface area (Å²) in [4.78, 5) is 7.97. The zero-order valence-electron chi connectivity index (χ0n) is 9.76. The summed E-state index contributed by atoms with van der Waals surface area (Å²) in [5.74, 6) is 0. The van der Waals surface area contributed by atoms with Gasteiger partial charge in [-0.15, -0.1) is 0 Å². The van der Waals surface area contributed by atoms with E-state index in [0.717, 1.165) is 17.4 Å². The Kier molecular flexibility index (Phi) is 6.11. The number of para-hydroxylation sites is 1. The van der Waals surface area contributed by atoms with Crippen LogP contribution in [0.15, 0.2) is 36.8 Å². The molecule has 0 bridgehead atoms. The Morgan fingerprint density at radius 3 is 2.62 bits per heavy atom. The summed E-state index contributed by atoms with van der Waals surface area (Å²) in [6.45, 7) is 3.03. The second-order valence-electron chi connectivity index (χ2n) is 3.58. The molecular weight excluding hydrogens is 198 g/mol. The van der Waals surface area contributed by atoms with E-state index >= 15 is 0 Å². The number of hydrogen-bond donors (Lipinski definition) is 1. The molecule has 3 nitrogen and oxygen atoms in total. The largest absolute Gasteiger partial charge is 0.330 e. The van der Waals surface area contributed by atoms with Crippen LogP contribution >= 0.6 is 0 Å². The van der Waals surface area contributed by atoms with E-state index in [2.05, 4.69) is 16.9 Å². The first kappa shape index (κ1) is 12.6. The smallest absolute Gasteiger partial charge is 0.116 e. The van der Waals surface area contributed by atoms with E-state index in [-0.39, 0.29) is 0 Å². The lowest BCUT2D eigenvalue weighted by molar-refractivity contribution is 0.727. The van der Waals surface area contributed by atoms with Crippen molar-refractivity contribution in [3.05, 3.63) is 36.8 Å². The molecule has 16 heavy (non-hydrogen) atoms. The van der Waals surface area contributed by atoms with Gasteiger partial charge in [-0.2, -0.15) is 0 Å². The predicted octanol–water partition coefficient (Wildman–Crippen LogP) is 2.77. The normalized spacial score (nSPS) is 9.62. The number of benzene rings is 1. The highest BCUT2D eigenvalue weighted by Gasteiger charge is 1.87. The lowest BCUT2D eigenvalue weighted by atomic mass is 10.2. The molecule has 0 atom stereocenters. The summed E-state index contributed by atoms with van der Waals surface area (Å²) in [6.07, 6.45) is 7.12. The molecule has 1 heterocycles. The highest BCUT2D eigenvalue weighted by Crippen LogP contribution is 2.06. The number of unbranched alkanes of at least 4 members (excludes halogenated alkanes) is 2. The van der Waals surface area contributed by atoms with Crippen molar-refractivity contribution in [2.75, 3.05) is 6.54 Å². The number of aromatic nitrogens is 2. The molecule has 0 amide bonds. The van der Waals surface area contributed by atoms with Gasteiger partial charge in [-0.25, -0.2) is 9.97 Å². The third-order valence-electron chi connectivity index (χ3n) is 2.22. The summed E-state index contributed by atoms with van der Waals surface area (Å²) in [5, 5.41) is 1.09. The van der Waals surface area contributed by atoms with Crippen LogP contribution in [0.4, 0.5) is 0 Å². The molecule has 0 radical (unpaired) electrons. The van der Waals surface area contributed by atoms with Gasteiger partial charge in [0, 0.05) is 11.6 Å². The van der Waals surface area contributed by atoms with Gasteiger partial charge in [0.2, 0.25) is 0 Å². The molecule has 1 aromatic heterocycles. The Balaban J connectivity index is 0.000000187. The van der Waals surface area contributed by atoms with Crippen LogP contribution in [0.3, 0.4) is 0 Å². The van der Waals surface area contributed by atoms with E-state index in [1.807, 2.05) is 30.5 Å². The molecule has 0 saturated heterocycles. The maximum atomic E-state index is 5.21. The topological polar surface area (TPSA) is 51.8 Å². The molecule has 86 valence electrons. The van der Waals surface area contributed by atoms with E-state index in [1.54, 1.807) is 6.33 Å². The molecule has 3 heteroatoms. The molecule has 0 fully saturated rings. The molecule has 2 N–H and O–H groups in total. The van der Waals surface area contributed by atoms with Crippen LogP contribution in [0.5, 0.6) is 0 Å². The average molecular weight is 217 g/mol. The van der Waals surface area contributed by atoms with E-state index < -0.39 is 0 Å². The summed E-state index contributed by atoms with van der Waals surface area (Å²) in [5.41, 5.74) is 6.21. The van der Waals surface area contributed by atoms with E-state index in [1.165, 1.54) is 19.3 Å². The van der Waals surface area contributed by atoms with Crippen molar-refractivity contribution < 1.29 is 0 Å². The van der Waals surface area contributed by atoms with E-state index in [4.69, 9.17) is 5.73 Å². The summed E-state index contributed by atoms with van der Waals surface area (Å²) < 4.78 is 0. The van der Waals surface area contributed by atoms with Crippen molar-refractivity contribution in [1.29, 1.82) is 0 Å². The maximum Gasteiger partial charge on any atom is 0.116 e. The van der Waals surface area contributed by atoms with Crippen LogP contribution < -0.4 is 5.73 Å². The number of rotatable bonds is 3. The van der Waals surface area contributed by atoms with Gasteiger partial charge in [0.25, 0.3) is 0 Å². The molecule has 2 rings (SSSR count). The zero-order chi connectivity index (χ0) is 11.6. The zero-order valence-corrected chi connectivity index (χ0v) is 9.76. The Labute approximate surface area is 96.7 Å². The van der Waals surface area contributed by atoms with Crippen molar-refractivity contribution in [2.24, 2.45) is 5.73 Å². The number of hydrogen-bond acceptors (Lipinski definition) is 3. The average Bonchev–Trinajstić information content (AvgIpc) is 2.37. The molecule has 0 aliphatic heterocycles. The Bertz CT molecular complexity index is 332. The van der Waals surface area contributed by atoms with Crippen molar-refractivity contribution in [3.63, 3.8) is 0 Å². The quantitative estimate of drug-likeness (QED) is 0.804. The van der Waals surface area contributed by atoms with Crippen molar-refractivity contribution in [1.82, 2.24) is 9.97 Å². The summed E-state index contributed by atoms with van der Waals surface area (Å²) >= 11 is 0. The minimum absolute atomic E-state index is 0.855. The van der Waals surface area contributed by atoms with Gasteiger partial charge in [-0.05, 0) is 19.0 Å². The number of nitrogens with two attached hydrogens (primary N) is 1. The van der Waals surface area contributed by atoms with Gasteiger partial charge in [0.1, 0.15) is 6.33 Å². The fourth-order valence-corrected chi connectivity index (χ4v) is 1.32. The molecule has 0 unspecified atom stereocenters. The second kappa shape index (κ2) is 7.77. The van der Waals surface area contributed by atoms with Gasteiger partial charge < -0.3 is 5.73 Å². The van der Waals surface area contributed by atoms with Crippen LogP contribution in [0.1, 0.15) is 26.2 Å². The fraction of sp³-hybridized carbons (Fsp3) is 0.385. The van der Waals surface area contributed by atoms with Gasteiger partial charge in [-0.1, -0.05) is 38.0 Å². The molecule has 2 aromatic rings. The van der Waals surface area contributed by atoms with Crippen molar-refractivity contribution in [2.45, 2.75) is 26.2 Å². The van der Waals surface area contributed by atoms with Crippen LogP contribution in [-0.2, 0) is 0 Å².